The standard InChI is InChI=1S/C6H12N4O/c7-6-5-8-10(9-6)3-1-2-4-11/h5,11H,1-4H2,(H2,7,9). The molecule has 1 aromatic heterocycles. The van der Waals surface area contributed by atoms with Gasteiger partial charge in [-0.2, -0.15) is 9.90 Å². The van der Waals surface area contributed by atoms with Gasteiger partial charge in [-0.25, -0.2) is 0 Å². The topological polar surface area (TPSA) is 77.0 Å². The predicted octanol–water partition coefficient (Wildman–Crippen LogP) is -0.367. The lowest BCUT2D eigenvalue weighted by molar-refractivity contribution is 0.278. The molecule has 0 spiro atoms. The molecule has 0 atom stereocenters. The second-order valence-electron chi connectivity index (χ2n) is 2.30. The van der Waals surface area contributed by atoms with Crippen LogP contribution in [0.15, 0.2) is 6.20 Å². The van der Waals surface area contributed by atoms with Crippen LogP contribution in [0.3, 0.4) is 0 Å². The van der Waals surface area contributed by atoms with Crippen LogP contribution in [-0.2, 0) is 6.54 Å². The number of hydrogen-bond acceptors (Lipinski definition) is 4. The van der Waals surface area contributed by atoms with Gasteiger partial charge in [0.15, 0.2) is 5.82 Å². The third-order valence-corrected chi connectivity index (χ3v) is 1.32. The Bertz CT molecular complexity index is 210. The second kappa shape index (κ2) is 3.92. The molecule has 5 nitrogen and oxygen atoms in total. The van der Waals surface area contributed by atoms with E-state index in [9.17, 15) is 0 Å². The second-order valence-corrected chi connectivity index (χ2v) is 2.30. The first-order chi connectivity index (χ1) is 5.33. The zero-order chi connectivity index (χ0) is 8.10. The van der Waals surface area contributed by atoms with Gasteiger partial charge in [-0.3, -0.25) is 0 Å². The summed E-state index contributed by atoms with van der Waals surface area (Å²) < 4.78 is 0. The van der Waals surface area contributed by atoms with E-state index in [-0.39, 0.29) is 6.61 Å². The van der Waals surface area contributed by atoms with E-state index in [1.165, 1.54) is 11.0 Å². The minimum Gasteiger partial charge on any atom is -0.396 e. The Morgan fingerprint density at radius 3 is 2.91 bits per heavy atom. The highest BCUT2D eigenvalue weighted by atomic mass is 16.2. The molecular formula is C6H12N4O. The van der Waals surface area contributed by atoms with Gasteiger partial charge in [0.05, 0.1) is 12.7 Å². The molecule has 0 saturated carbocycles. The van der Waals surface area contributed by atoms with Crippen LogP contribution in [0.25, 0.3) is 0 Å². The van der Waals surface area contributed by atoms with Gasteiger partial charge >= 0.3 is 0 Å². The fourth-order valence-electron chi connectivity index (χ4n) is 0.783. The van der Waals surface area contributed by atoms with Crippen LogP contribution in [0.2, 0.25) is 0 Å². The molecule has 0 fully saturated rings. The number of anilines is 1. The first-order valence-corrected chi connectivity index (χ1v) is 3.59. The number of aryl methyl sites for hydroxylation is 1. The largest absolute Gasteiger partial charge is 0.396 e. The fraction of sp³-hybridized carbons (Fsp3) is 0.667. The number of nitrogen functional groups attached to an aromatic ring is 1. The monoisotopic (exact) mass is 156 g/mol. The molecule has 3 N–H and O–H groups in total. The highest BCUT2D eigenvalue weighted by Gasteiger charge is 1.94. The zero-order valence-electron chi connectivity index (χ0n) is 6.27. The average molecular weight is 156 g/mol. The summed E-state index contributed by atoms with van der Waals surface area (Å²) in [7, 11) is 0. The molecule has 1 heterocycles. The zero-order valence-corrected chi connectivity index (χ0v) is 6.27. The van der Waals surface area contributed by atoms with Gasteiger partial charge in [-0.15, -0.1) is 5.10 Å². The van der Waals surface area contributed by atoms with Crippen LogP contribution in [0, 0.1) is 0 Å². The molecule has 0 amide bonds. The summed E-state index contributed by atoms with van der Waals surface area (Å²) in [5.41, 5.74) is 5.34. The van der Waals surface area contributed by atoms with E-state index in [2.05, 4.69) is 10.2 Å². The number of hydrogen-bond donors (Lipinski definition) is 2. The van der Waals surface area contributed by atoms with Crippen molar-refractivity contribution >= 4 is 5.82 Å². The summed E-state index contributed by atoms with van der Waals surface area (Å²) in [4.78, 5) is 1.53. The van der Waals surface area contributed by atoms with Crippen molar-refractivity contribution in [3.8, 4) is 0 Å². The molecule has 0 aliphatic rings. The number of nitrogens with two attached hydrogens (primary N) is 1. The predicted molar refractivity (Wildman–Crippen MR) is 40.8 cm³/mol. The summed E-state index contributed by atoms with van der Waals surface area (Å²) >= 11 is 0. The number of aliphatic hydroxyl groups excluding tert-OH is 1. The van der Waals surface area contributed by atoms with Crippen molar-refractivity contribution in [2.45, 2.75) is 19.4 Å². The van der Waals surface area contributed by atoms with Crippen molar-refractivity contribution in [3.63, 3.8) is 0 Å². The molecule has 0 aliphatic heterocycles. The highest BCUT2D eigenvalue weighted by molar-refractivity contribution is 5.19. The van der Waals surface area contributed by atoms with Crippen molar-refractivity contribution < 1.29 is 5.11 Å². The van der Waals surface area contributed by atoms with Crippen LogP contribution < -0.4 is 5.73 Å². The Morgan fingerprint density at radius 2 is 2.36 bits per heavy atom. The average Bonchev–Trinajstić information content (AvgIpc) is 2.37. The molecule has 0 unspecified atom stereocenters. The molecule has 0 saturated heterocycles. The van der Waals surface area contributed by atoms with Gasteiger partial charge in [0, 0.05) is 6.61 Å². The Morgan fingerprint density at radius 1 is 1.55 bits per heavy atom. The minimum absolute atomic E-state index is 0.219. The third kappa shape index (κ3) is 2.55. The van der Waals surface area contributed by atoms with Gasteiger partial charge in [0.1, 0.15) is 0 Å². The molecule has 1 rings (SSSR count). The Hall–Kier alpha value is -1.10. The van der Waals surface area contributed by atoms with E-state index < -0.39 is 0 Å². The van der Waals surface area contributed by atoms with Crippen molar-refractivity contribution in [3.05, 3.63) is 6.20 Å². The van der Waals surface area contributed by atoms with Gasteiger partial charge in [0.2, 0.25) is 0 Å². The molecule has 5 heteroatoms. The van der Waals surface area contributed by atoms with Gasteiger partial charge in [0.25, 0.3) is 0 Å². The van der Waals surface area contributed by atoms with Crippen molar-refractivity contribution in [1.82, 2.24) is 15.0 Å². The van der Waals surface area contributed by atoms with E-state index in [0.717, 1.165) is 19.4 Å². The molecule has 0 aromatic carbocycles. The lowest BCUT2D eigenvalue weighted by Gasteiger charge is -1.96. The smallest absolute Gasteiger partial charge is 0.165 e. The van der Waals surface area contributed by atoms with E-state index in [1.807, 2.05) is 0 Å². The van der Waals surface area contributed by atoms with E-state index in [0.29, 0.717) is 5.82 Å². The van der Waals surface area contributed by atoms with Gasteiger partial charge in [-0.1, -0.05) is 0 Å². The highest BCUT2D eigenvalue weighted by Crippen LogP contribution is 1.94. The lowest BCUT2D eigenvalue weighted by atomic mass is 10.3. The van der Waals surface area contributed by atoms with Crippen LogP contribution >= 0.6 is 0 Å². The lowest BCUT2D eigenvalue weighted by Crippen LogP contribution is -2.03. The summed E-state index contributed by atoms with van der Waals surface area (Å²) in [6.45, 7) is 0.939. The number of aromatic nitrogens is 3. The number of unbranched alkanes of at least 4 members (excludes halogenated alkanes) is 1. The molecule has 0 aliphatic carbocycles. The molecule has 62 valence electrons. The van der Waals surface area contributed by atoms with Crippen LogP contribution in [0.1, 0.15) is 12.8 Å². The van der Waals surface area contributed by atoms with Crippen LogP contribution in [-0.4, -0.2) is 26.7 Å². The van der Waals surface area contributed by atoms with E-state index >= 15 is 0 Å². The maximum Gasteiger partial charge on any atom is 0.165 e. The fourth-order valence-corrected chi connectivity index (χ4v) is 0.783. The maximum atomic E-state index is 8.47. The summed E-state index contributed by atoms with van der Waals surface area (Å²) in [6, 6.07) is 0. The summed E-state index contributed by atoms with van der Waals surface area (Å²) in [5.74, 6) is 0.439. The SMILES string of the molecule is Nc1cnn(CCCCO)n1. The summed E-state index contributed by atoms with van der Waals surface area (Å²) in [5, 5.41) is 16.2. The van der Waals surface area contributed by atoms with Crippen molar-refractivity contribution in [2.75, 3.05) is 12.3 Å². The quantitative estimate of drug-likeness (QED) is 0.583. The first kappa shape index (κ1) is 8.00. The number of aliphatic hydroxyl groups is 1. The Kier molecular flexibility index (Phi) is 2.85. The summed E-state index contributed by atoms with van der Waals surface area (Å²) in [6.07, 6.45) is 3.17. The van der Waals surface area contributed by atoms with Gasteiger partial charge < -0.3 is 10.8 Å². The van der Waals surface area contributed by atoms with Crippen molar-refractivity contribution in [1.29, 1.82) is 0 Å². The number of rotatable bonds is 4. The first-order valence-electron chi connectivity index (χ1n) is 3.59. The molecule has 0 radical (unpaired) electrons. The van der Waals surface area contributed by atoms with E-state index in [4.69, 9.17) is 10.8 Å². The number of nitrogens with zero attached hydrogens (tertiary/aromatic N) is 3. The van der Waals surface area contributed by atoms with Gasteiger partial charge in [-0.05, 0) is 12.8 Å². The van der Waals surface area contributed by atoms with Crippen LogP contribution in [0.4, 0.5) is 5.82 Å². The molecule has 1 aromatic rings. The normalized spacial score (nSPS) is 10.3. The van der Waals surface area contributed by atoms with Crippen molar-refractivity contribution in [2.24, 2.45) is 0 Å². The van der Waals surface area contributed by atoms with Crippen LogP contribution in [0.5, 0.6) is 0 Å². The maximum absolute atomic E-state index is 8.47. The Labute approximate surface area is 64.8 Å². The molecule has 11 heavy (non-hydrogen) atoms. The van der Waals surface area contributed by atoms with E-state index in [1.54, 1.807) is 0 Å². The molecular weight excluding hydrogens is 144 g/mol. The third-order valence-electron chi connectivity index (χ3n) is 1.32. The minimum atomic E-state index is 0.219. The molecule has 0 bridgehead atoms. The Balaban J connectivity index is 2.27.